The smallest absolute Gasteiger partial charge is 0.124 e. The minimum Gasteiger partial charge on any atom is -0.382 e. The van der Waals surface area contributed by atoms with Crippen molar-refractivity contribution in [3.63, 3.8) is 0 Å². The van der Waals surface area contributed by atoms with E-state index in [-0.39, 0.29) is 0 Å². The van der Waals surface area contributed by atoms with Crippen molar-refractivity contribution >= 4 is 16.2 Å². The standard InChI is InChI=1S/C18H16N4OS/c23-17(13-8-20-22(10-13)14-4-2-1-3-5-14)16-18(12-6-7-12)24-15-9-19-11-21(15)16/h1-5,8-12,17,23H,6-7H2/t17-/m0/s1. The molecule has 0 saturated heterocycles. The molecule has 0 unspecified atom stereocenters. The lowest BCUT2D eigenvalue weighted by Gasteiger charge is -2.10. The number of hydrogen-bond donors (Lipinski definition) is 1. The molecule has 0 aliphatic heterocycles. The monoisotopic (exact) mass is 336 g/mol. The second kappa shape index (κ2) is 5.29. The minimum atomic E-state index is -0.694. The van der Waals surface area contributed by atoms with Gasteiger partial charge >= 0.3 is 0 Å². The number of aliphatic hydroxyl groups excluding tert-OH is 1. The third kappa shape index (κ3) is 2.18. The summed E-state index contributed by atoms with van der Waals surface area (Å²) in [5.41, 5.74) is 2.73. The van der Waals surface area contributed by atoms with Gasteiger partial charge in [0, 0.05) is 16.6 Å². The van der Waals surface area contributed by atoms with Gasteiger partial charge in [0.2, 0.25) is 0 Å². The van der Waals surface area contributed by atoms with E-state index < -0.39 is 6.10 Å². The molecule has 120 valence electrons. The number of benzene rings is 1. The van der Waals surface area contributed by atoms with Crippen LogP contribution in [-0.4, -0.2) is 24.3 Å². The number of hydrogen-bond acceptors (Lipinski definition) is 4. The molecule has 1 aliphatic rings. The third-order valence-electron chi connectivity index (χ3n) is 4.48. The van der Waals surface area contributed by atoms with Crippen molar-refractivity contribution in [2.45, 2.75) is 24.9 Å². The summed E-state index contributed by atoms with van der Waals surface area (Å²) < 4.78 is 3.82. The summed E-state index contributed by atoms with van der Waals surface area (Å²) in [5, 5.41) is 15.4. The fourth-order valence-electron chi connectivity index (χ4n) is 3.09. The topological polar surface area (TPSA) is 55.4 Å². The molecule has 6 heteroatoms. The van der Waals surface area contributed by atoms with Crippen molar-refractivity contribution in [2.24, 2.45) is 0 Å². The normalized spacial score (nSPS) is 15.9. The van der Waals surface area contributed by atoms with E-state index in [4.69, 9.17) is 0 Å². The number of fused-ring (bicyclic) bond motifs is 1. The van der Waals surface area contributed by atoms with Gasteiger partial charge in [-0.05, 0) is 30.9 Å². The highest BCUT2D eigenvalue weighted by Gasteiger charge is 2.32. The van der Waals surface area contributed by atoms with Crippen molar-refractivity contribution in [1.82, 2.24) is 19.2 Å². The number of rotatable bonds is 4. The largest absolute Gasteiger partial charge is 0.382 e. The van der Waals surface area contributed by atoms with E-state index in [1.165, 1.54) is 17.7 Å². The van der Waals surface area contributed by atoms with Crippen molar-refractivity contribution in [1.29, 1.82) is 0 Å². The Labute approximate surface area is 142 Å². The van der Waals surface area contributed by atoms with Crippen LogP contribution in [0.2, 0.25) is 0 Å². The van der Waals surface area contributed by atoms with E-state index >= 15 is 0 Å². The maximum atomic E-state index is 11.0. The summed E-state index contributed by atoms with van der Waals surface area (Å²) in [6.07, 6.45) is 9.02. The summed E-state index contributed by atoms with van der Waals surface area (Å²) >= 11 is 1.74. The molecule has 5 nitrogen and oxygen atoms in total. The first kappa shape index (κ1) is 13.9. The van der Waals surface area contributed by atoms with Crippen molar-refractivity contribution in [3.8, 4) is 5.69 Å². The molecule has 1 N–H and O–H groups in total. The van der Waals surface area contributed by atoms with Crippen molar-refractivity contribution in [3.05, 3.63) is 71.4 Å². The Kier molecular flexibility index (Phi) is 3.08. The Hall–Kier alpha value is -2.44. The van der Waals surface area contributed by atoms with E-state index in [2.05, 4.69) is 10.1 Å². The number of para-hydroxylation sites is 1. The molecular weight excluding hydrogens is 320 g/mol. The fourth-order valence-corrected chi connectivity index (χ4v) is 4.38. The Morgan fingerprint density at radius 1 is 1.17 bits per heavy atom. The van der Waals surface area contributed by atoms with Crippen LogP contribution in [0.25, 0.3) is 10.5 Å². The lowest BCUT2D eigenvalue weighted by Crippen LogP contribution is -2.04. The predicted molar refractivity (Wildman–Crippen MR) is 92.7 cm³/mol. The number of thiazole rings is 1. The molecule has 24 heavy (non-hydrogen) atoms. The maximum absolute atomic E-state index is 11.0. The van der Waals surface area contributed by atoms with Gasteiger partial charge in [0.1, 0.15) is 17.3 Å². The van der Waals surface area contributed by atoms with Gasteiger partial charge in [-0.25, -0.2) is 9.67 Å². The zero-order valence-electron chi connectivity index (χ0n) is 12.9. The molecule has 1 aliphatic carbocycles. The van der Waals surface area contributed by atoms with Gasteiger partial charge in [-0.3, -0.25) is 4.40 Å². The SMILES string of the molecule is O[C@@H](c1cnn(-c2ccccc2)c1)c1c(C2CC2)sc2cncn12. The van der Waals surface area contributed by atoms with Crippen LogP contribution in [0.1, 0.15) is 41.0 Å². The Bertz CT molecular complexity index is 997. The van der Waals surface area contributed by atoms with E-state index in [0.29, 0.717) is 5.92 Å². The lowest BCUT2D eigenvalue weighted by molar-refractivity contribution is 0.213. The van der Waals surface area contributed by atoms with Gasteiger partial charge in [0.05, 0.1) is 23.8 Å². The summed E-state index contributed by atoms with van der Waals surface area (Å²) in [4.78, 5) is 6.58. The second-order valence-electron chi connectivity index (χ2n) is 6.18. The molecule has 0 spiro atoms. The van der Waals surface area contributed by atoms with Crippen LogP contribution in [0.4, 0.5) is 0 Å². The number of imidazole rings is 1. The van der Waals surface area contributed by atoms with E-state index in [1.54, 1.807) is 28.5 Å². The minimum absolute atomic E-state index is 0.587. The second-order valence-corrected chi connectivity index (χ2v) is 7.25. The van der Waals surface area contributed by atoms with Crippen molar-refractivity contribution in [2.75, 3.05) is 0 Å². The summed E-state index contributed by atoms with van der Waals surface area (Å²) in [7, 11) is 0. The first-order valence-electron chi connectivity index (χ1n) is 8.04. The average molecular weight is 336 g/mol. The molecule has 5 rings (SSSR count). The Morgan fingerprint density at radius 2 is 2.00 bits per heavy atom. The predicted octanol–water partition coefficient (Wildman–Crippen LogP) is 3.54. The zero-order chi connectivity index (χ0) is 16.1. The molecule has 3 heterocycles. The maximum Gasteiger partial charge on any atom is 0.124 e. The zero-order valence-corrected chi connectivity index (χ0v) is 13.7. The van der Waals surface area contributed by atoms with Gasteiger partial charge in [-0.2, -0.15) is 5.10 Å². The Balaban J connectivity index is 1.57. The molecule has 1 saturated carbocycles. The molecule has 0 bridgehead atoms. The average Bonchev–Trinajstić information content (AvgIpc) is 3.04. The molecule has 0 radical (unpaired) electrons. The third-order valence-corrected chi connectivity index (χ3v) is 5.75. The van der Waals surface area contributed by atoms with Crippen LogP contribution in [0.3, 0.4) is 0 Å². The van der Waals surface area contributed by atoms with E-state index in [1.807, 2.05) is 47.1 Å². The number of aliphatic hydroxyl groups is 1. The molecule has 1 fully saturated rings. The first-order chi connectivity index (χ1) is 11.8. The fraction of sp³-hybridized carbons (Fsp3) is 0.222. The first-order valence-corrected chi connectivity index (χ1v) is 8.85. The number of nitrogens with zero attached hydrogens (tertiary/aromatic N) is 4. The van der Waals surface area contributed by atoms with Crippen molar-refractivity contribution < 1.29 is 5.11 Å². The summed E-state index contributed by atoms with van der Waals surface area (Å²) in [6.45, 7) is 0. The van der Waals surface area contributed by atoms with Gasteiger partial charge in [-0.15, -0.1) is 11.3 Å². The highest BCUT2D eigenvalue weighted by atomic mass is 32.1. The van der Waals surface area contributed by atoms with Crippen LogP contribution in [0.5, 0.6) is 0 Å². The molecule has 3 aromatic heterocycles. The highest BCUT2D eigenvalue weighted by molar-refractivity contribution is 7.17. The molecule has 1 aromatic carbocycles. The molecular formula is C18H16N4OS. The van der Waals surface area contributed by atoms with Gasteiger partial charge in [-0.1, -0.05) is 18.2 Å². The molecule has 4 aromatic rings. The van der Waals surface area contributed by atoms with E-state index in [9.17, 15) is 5.11 Å². The van der Waals surface area contributed by atoms with Crippen LogP contribution < -0.4 is 0 Å². The van der Waals surface area contributed by atoms with Gasteiger partial charge in [0.25, 0.3) is 0 Å². The van der Waals surface area contributed by atoms with Crippen LogP contribution in [0.15, 0.2) is 55.2 Å². The Morgan fingerprint density at radius 3 is 2.79 bits per heavy atom. The summed E-state index contributed by atoms with van der Waals surface area (Å²) in [6, 6.07) is 9.93. The van der Waals surface area contributed by atoms with Gasteiger partial charge < -0.3 is 5.11 Å². The van der Waals surface area contributed by atoms with Gasteiger partial charge in [0.15, 0.2) is 0 Å². The van der Waals surface area contributed by atoms with Crippen LogP contribution in [-0.2, 0) is 0 Å². The quantitative estimate of drug-likeness (QED) is 0.620. The molecule has 0 amide bonds. The van der Waals surface area contributed by atoms with Crippen LogP contribution >= 0.6 is 11.3 Å². The van der Waals surface area contributed by atoms with Crippen LogP contribution in [0, 0.1) is 0 Å². The summed E-state index contributed by atoms with van der Waals surface area (Å²) in [5.74, 6) is 0.587. The van der Waals surface area contributed by atoms with E-state index in [0.717, 1.165) is 21.8 Å². The lowest BCUT2D eigenvalue weighted by atomic mass is 10.1. The number of aromatic nitrogens is 4. The molecule has 1 atom stereocenters. The highest BCUT2D eigenvalue weighted by Crippen LogP contribution is 2.47.